The van der Waals surface area contributed by atoms with Gasteiger partial charge in [-0.3, -0.25) is 5.41 Å². The van der Waals surface area contributed by atoms with Gasteiger partial charge in [0.2, 0.25) is 0 Å². The van der Waals surface area contributed by atoms with E-state index in [9.17, 15) is 0 Å². The Morgan fingerprint density at radius 1 is 1.42 bits per heavy atom. The summed E-state index contributed by atoms with van der Waals surface area (Å²) in [5.74, 6) is 0.0492. The second kappa shape index (κ2) is 9.69. The van der Waals surface area contributed by atoms with Crippen LogP contribution in [0.2, 0.25) is 0 Å². The Bertz CT molecular complexity index is 188. The van der Waals surface area contributed by atoms with Gasteiger partial charge in [-0.05, 0) is 6.92 Å². The van der Waals surface area contributed by atoms with Crippen LogP contribution in [0.15, 0.2) is 36.5 Å². The summed E-state index contributed by atoms with van der Waals surface area (Å²) in [6.07, 6.45) is 6.99. The van der Waals surface area contributed by atoms with Gasteiger partial charge in [-0.25, -0.2) is 0 Å². The largest absolute Gasteiger partial charge is 0.384 e. The molecule has 3 N–H and O–H groups in total. The van der Waals surface area contributed by atoms with Gasteiger partial charge >= 0.3 is 0 Å². The third-order valence-corrected chi connectivity index (χ3v) is 0.999. The van der Waals surface area contributed by atoms with Crippen molar-refractivity contribution in [2.45, 2.75) is 20.8 Å². The minimum absolute atomic E-state index is 0.0492. The number of hydrogen-bond acceptors (Lipinski definition) is 1. The van der Waals surface area contributed by atoms with E-state index in [1.54, 1.807) is 12.2 Å². The van der Waals surface area contributed by atoms with Crippen LogP contribution in [0.25, 0.3) is 0 Å². The third kappa shape index (κ3) is 6.81. The van der Waals surface area contributed by atoms with Crippen molar-refractivity contribution in [1.82, 2.24) is 0 Å². The summed E-state index contributed by atoms with van der Waals surface area (Å²) in [6, 6.07) is 0. The average molecular weight is 166 g/mol. The lowest BCUT2D eigenvalue weighted by atomic mass is 10.2. The van der Waals surface area contributed by atoms with Crippen LogP contribution in [0.1, 0.15) is 20.8 Å². The predicted molar refractivity (Wildman–Crippen MR) is 56.4 cm³/mol. The highest BCUT2D eigenvalue weighted by Gasteiger charge is 1.90. The van der Waals surface area contributed by atoms with Gasteiger partial charge in [-0.15, -0.1) is 0 Å². The fraction of sp³-hybridized carbons (Fsp3) is 0.300. The Hall–Kier alpha value is -1.31. The summed E-state index contributed by atoms with van der Waals surface area (Å²) in [6.45, 7) is 9.41. The maximum absolute atomic E-state index is 7.03. The average Bonchev–Trinajstić information content (AvgIpc) is 2.09. The van der Waals surface area contributed by atoms with Gasteiger partial charge < -0.3 is 5.73 Å². The van der Waals surface area contributed by atoms with Crippen molar-refractivity contribution in [3.05, 3.63) is 36.5 Å². The molecular weight excluding hydrogens is 148 g/mol. The Kier molecular flexibility index (Phi) is 10.7. The number of nitrogens with two attached hydrogens (primary N) is 1. The molecule has 2 heteroatoms. The summed E-state index contributed by atoms with van der Waals surface area (Å²) in [4.78, 5) is 0. The molecule has 0 unspecified atom stereocenters. The van der Waals surface area contributed by atoms with Crippen LogP contribution in [0.4, 0.5) is 0 Å². The van der Waals surface area contributed by atoms with Crippen LogP contribution >= 0.6 is 0 Å². The van der Waals surface area contributed by atoms with Crippen LogP contribution in [-0.4, -0.2) is 5.84 Å². The van der Waals surface area contributed by atoms with Crippen molar-refractivity contribution in [2.24, 2.45) is 5.73 Å². The molecular formula is C10H18N2. The van der Waals surface area contributed by atoms with Crippen LogP contribution < -0.4 is 5.73 Å². The van der Waals surface area contributed by atoms with E-state index in [0.717, 1.165) is 0 Å². The summed E-state index contributed by atoms with van der Waals surface area (Å²) in [7, 11) is 0. The van der Waals surface area contributed by atoms with E-state index in [-0.39, 0.29) is 5.84 Å². The van der Waals surface area contributed by atoms with Crippen molar-refractivity contribution in [3.63, 3.8) is 0 Å². The van der Waals surface area contributed by atoms with E-state index in [1.165, 1.54) is 0 Å². The number of hydrogen-bond donors (Lipinski definition) is 2. The molecule has 2 nitrogen and oxygen atoms in total. The molecule has 0 radical (unpaired) electrons. The molecule has 0 spiro atoms. The van der Waals surface area contributed by atoms with Crippen molar-refractivity contribution >= 4 is 5.84 Å². The van der Waals surface area contributed by atoms with Crippen LogP contribution in [0.3, 0.4) is 0 Å². The Balaban J connectivity index is 0. The van der Waals surface area contributed by atoms with Crippen molar-refractivity contribution in [2.75, 3.05) is 0 Å². The molecule has 68 valence electrons. The zero-order valence-electron chi connectivity index (χ0n) is 8.09. The Morgan fingerprint density at radius 3 is 2.17 bits per heavy atom. The van der Waals surface area contributed by atoms with Gasteiger partial charge in [0.15, 0.2) is 0 Å². The van der Waals surface area contributed by atoms with Crippen molar-refractivity contribution in [3.8, 4) is 0 Å². The molecule has 0 saturated heterocycles. The van der Waals surface area contributed by atoms with Crippen LogP contribution in [-0.2, 0) is 0 Å². The van der Waals surface area contributed by atoms with E-state index in [4.69, 9.17) is 11.1 Å². The summed E-state index contributed by atoms with van der Waals surface area (Å²) in [5, 5.41) is 7.03. The normalized spacial score (nSPS) is 10.4. The highest BCUT2D eigenvalue weighted by atomic mass is 14.7. The van der Waals surface area contributed by atoms with E-state index in [1.807, 2.05) is 32.9 Å². The minimum Gasteiger partial charge on any atom is -0.384 e. The molecule has 0 aromatic heterocycles. The fourth-order valence-electron chi connectivity index (χ4n) is 0.468. The fourth-order valence-corrected chi connectivity index (χ4v) is 0.468. The molecule has 0 heterocycles. The van der Waals surface area contributed by atoms with E-state index < -0.39 is 0 Å². The lowest BCUT2D eigenvalue weighted by molar-refractivity contribution is 1.43. The van der Waals surface area contributed by atoms with Crippen LogP contribution in [0, 0.1) is 5.41 Å². The van der Waals surface area contributed by atoms with Gasteiger partial charge in [0.05, 0.1) is 0 Å². The van der Waals surface area contributed by atoms with E-state index in [2.05, 4.69) is 6.58 Å². The van der Waals surface area contributed by atoms with E-state index in [0.29, 0.717) is 5.57 Å². The van der Waals surface area contributed by atoms with Crippen molar-refractivity contribution in [1.29, 1.82) is 5.41 Å². The quantitative estimate of drug-likeness (QED) is 0.378. The first-order valence-electron chi connectivity index (χ1n) is 4.02. The van der Waals surface area contributed by atoms with Crippen LogP contribution in [0.5, 0.6) is 0 Å². The molecule has 0 aromatic carbocycles. The topological polar surface area (TPSA) is 49.9 Å². The first kappa shape index (κ1) is 13.3. The van der Waals surface area contributed by atoms with Gasteiger partial charge in [-0.2, -0.15) is 0 Å². The zero-order valence-corrected chi connectivity index (χ0v) is 8.09. The van der Waals surface area contributed by atoms with E-state index >= 15 is 0 Å². The second-order valence-electron chi connectivity index (χ2n) is 1.77. The minimum atomic E-state index is 0.0492. The van der Waals surface area contributed by atoms with Gasteiger partial charge in [0.25, 0.3) is 0 Å². The molecule has 0 aliphatic carbocycles. The number of allylic oxidation sites excluding steroid dienone is 3. The van der Waals surface area contributed by atoms with Gasteiger partial charge in [0, 0.05) is 5.57 Å². The smallest absolute Gasteiger partial charge is 0.122 e. The molecule has 0 atom stereocenters. The SMILES string of the molecule is C=C/C(=C\C=C/C)C(=N)N.CC. The lowest BCUT2D eigenvalue weighted by Crippen LogP contribution is -2.10. The molecule has 0 aliphatic rings. The predicted octanol–water partition coefficient (Wildman–Crippen LogP) is 2.64. The standard InChI is InChI=1S/C8H12N2.C2H6/c1-3-5-6-7(4-2)8(9)10;1-2/h3-6H,2H2,1H3,(H3,9,10);1-2H3/b5-3-,7-6+;. The summed E-state index contributed by atoms with van der Waals surface area (Å²) in [5.41, 5.74) is 5.85. The molecule has 0 fully saturated rings. The molecule has 0 rings (SSSR count). The molecule has 0 saturated carbocycles. The Morgan fingerprint density at radius 2 is 1.92 bits per heavy atom. The maximum atomic E-state index is 7.03. The number of rotatable bonds is 3. The first-order valence-corrected chi connectivity index (χ1v) is 4.02. The number of amidine groups is 1. The summed E-state index contributed by atoms with van der Waals surface area (Å²) < 4.78 is 0. The summed E-state index contributed by atoms with van der Waals surface area (Å²) >= 11 is 0. The molecule has 0 amide bonds. The van der Waals surface area contributed by atoms with Gasteiger partial charge in [0.1, 0.15) is 5.84 Å². The first-order chi connectivity index (χ1) is 5.72. The maximum Gasteiger partial charge on any atom is 0.122 e. The third-order valence-electron chi connectivity index (χ3n) is 0.999. The molecule has 0 aromatic rings. The molecule has 0 bridgehead atoms. The second-order valence-corrected chi connectivity index (χ2v) is 1.77. The van der Waals surface area contributed by atoms with Crippen molar-refractivity contribution < 1.29 is 0 Å². The number of nitrogens with one attached hydrogen (secondary N) is 1. The highest BCUT2D eigenvalue weighted by Crippen LogP contribution is 1.93. The Labute approximate surface area is 75.0 Å². The zero-order chi connectivity index (χ0) is 9.98. The van der Waals surface area contributed by atoms with Gasteiger partial charge in [-0.1, -0.05) is 44.7 Å². The monoisotopic (exact) mass is 166 g/mol. The lowest BCUT2D eigenvalue weighted by Gasteiger charge is -1.93. The molecule has 12 heavy (non-hydrogen) atoms. The molecule has 0 aliphatic heterocycles. The highest BCUT2D eigenvalue weighted by molar-refractivity contribution is 5.97.